The van der Waals surface area contributed by atoms with Crippen molar-refractivity contribution < 1.29 is 28.8 Å². The maximum atomic E-state index is 12.7. The van der Waals surface area contributed by atoms with Crippen molar-refractivity contribution in [2.24, 2.45) is 0 Å². The number of hydrogen-bond donors (Lipinski definition) is 3. The van der Waals surface area contributed by atoms with E-state index in [1.165, 1.54) is 0 Å². The summed E-state index contributed by atoms with van der Waals surface area (Å²) in [6.07, 6.45) is -0.00859. The summed E-state index contributed by atoms with van der Waals surface area (Å²) in [5, 5.41) is 15.2. The van der Waals surface area contributed by atoms with Crippen molar-refractivity contribution in [2.75, 3.05) is 43.5 Å². The summed E-state index contributed by atoms with van der Waals surface area (Å²) in [5.74, 6) is 1.43. The van der Waals surface area contributed by atoms with E-state index < -0.39 is 6.29 Å². The number of urea groups is 1. The molecule has 0 aliphatic carbocycles. The predicted molar refractivity (Wildman–Crippen MR) is 168 cm³/mol. The molecule has 228 valence electrons. The molecule has 3 N–H and O–H groups in total. The van der Waals surface area contributed by atoms with E-state index in [9.17, 15) is 9.90 Å². The molecular weight excluding hydrogens is 558 g/mol. The van der Waals surface area contributed by atoms with E-state index in [2.05, 4.69) is 15.5 Å². The monoisotopic (exact) mass is 595 g/mol. The van der Waals surface area contributed by atoms with Crippen LogP contribution in [0.4, 0.5) is 16.2 Å². The Hall–Kier alpha value is -4.25. The molecule has 2 aliphatic heterocycles. The standard InChI is InChI=1S/C35H37N3O6/c39-24-25-6-8-26(9-7-25)33-22-32(23-38-18-20-41-21-19-38)43-34(44-33)27-10-12-28(13-11-27)36-35(40)37-29-14-16-31(17-15-29)42-30-4-2-1-3-5-30/h1-17,32-34,39H,18-24H2,(H2,36,37,40)/t32-,33+,34+/m0/s1. The van der Waals surface area contributed by atoms with Crippen LogP contribution in [0.25, 0.3) is 0 Å². The molecule has 0 radical (unpaired) electrons. The van der Waals surface area contributed by atoms with Gasteiger partial charge in [0, 0.05) is 43.0 Å². The van der Waals surface area contributed by atoms with E-state index in [-0.39, 0.29) is 24.8 Å². The van der Waals surface area contributed by atoms with Crippen molar-refractivity contribution in [2.45, 2.75) is 31.5 Å². The lowest BCUT2D eigenvalue weighted by atomic mass is 9.99. The molecule has 9 heteroatoms. The number of para-hydroxylation sites is 1. The van der Waals surface area contributed by atoms with Gasteiger partial charge in [-0.1, -0.05) is 54.6 Å². The maximum absolute atomic E-state index is 12.7. The van der Waals surface area contributed by atoms with Gasteiger partial charge in [-0.25, -0.2) is 4.79 Å². The van der Waals surface area contributed by atoms with E-state index in [4.69, 9.17) is 18.9 Å². The van der Waals surface area contributed by atoms with Gasteiger partial charge in [0.1, 0.15) is 11.5 Å². The first-order valence-corrected chi connectivity index (χ1v) is 14.9. The summed E-state index contributed by atoms with van der Waals surface area (Å²) >= 11 is 0. The molecule has 2 heterocycles. The second-order valence-corrected chi connectivity index (χ2v) is 10.9. The van der Waals surface area contributed by atoms with E-state index in [0.29, 0.717) is 17.1 Å². The molecular formula is C35H37N3O6. The van der Waals surface area contributed by atoms with Gasteiger partial charge in [-0.2, -0.15) is 0 Å². The number of aliphatic hydroxyl groups excluding tert-OH is 1. The number of benzene rings is 4. The number of ether oxygens (including phenoxy) is 4. The van der Waals surface area contributed by atoms with Crippen LogP contribution in [-0.4, -0.2) is 55.0 Å². The predicted octanol–water partition coefficient (Wildman–Crippen LogP) is 6.49. The minimum absolute atomic E-state index is 0.00555. The van der Waals surface area contributed by atoms with E-state index in [1.54, 1.807) is 12.1 Å². The molecule has 2 fully saturated rings. The topological polar surface area (TPSA) is 102 Å². The second kappa shape index (κ2) is 14.5. The number of hydrogen-bond acceptors (Lipinski definition) is 7. The molecule has 3 atom stereocenters. The molecule has 2 saturated heterocycles. The Morgan fingerprint density at radius 1 is 0.773 bits per heavy atom. The van der Waals surface area contributed by atoms with Gasteiger partial charge in [0.05, 0.1) is 32.0 Å². The summed E-state index contributed by atoms with van der Waals surface area (Å²) in [4.78, 5) is 15.1. The number of anilines is 2. The number of carbonyl (C=O) groups is 1. The van der Waals surface area contributed by atoms with Crippen molar-refractivity contribution in [3.8, 4) is 11.5 Å². The van der Waals surface area contributed by atoms with Crippen molar-refractivity contribution in [3.05, 3.63) is 120 Å². The van der Waals surface area contributed by atoms with Crippen LogP contribution in [0.5, 0.6) is 11.5 Å². The lowest BCUT2D eigenvalue weighted by molar-refractivity contribution is -0.253. The van der Waals surface area contributed by atoms with Gasteiger partial charge < -0.3 is 34.7 Å². The average Bonchev–Trinajstić information content (AvgIpc) is 3.07. The maximum Gasteiger partial charge on any atom is 0.323 e. The molecule has 4 aromatic rings. The normalized spacial score (nSPS) is 20.5. The first kappa shape index (κ1) is 29.8. The van der Waals surface area contributed by atoms with Crippen molar-refractivity contribution in [1.82, 2.24) is 4.90 Å². The third-order valence-corrected chi connectivity index (χ3v) is 7.71. The van der Waals surface area contributed by atoms with Gasteiger partial charge in [-0.15, -0.1) is 0 Å². The molecule has 9 nitrogen and oxygen atoms in total. The van der Waals surface area contributed by atoms with Gasteiger partial charge in [0.2, 0.25) is 0 Å². The molecule has 0 bridgehead atoms. The number of nitrogens with zero attached hydrogens (tertiary/aromatic N) is 1. The lowest BCUT2D eigenvalue weighted by Crippen LogP contribution is -2.44. The molecule has 0 unspecified atom stereocenters. The fourth-order valence-corrected chi connectivity index (χ4v) is 5.35. The van der Waals surface area contributed by atoms with Gasteiger partial charge in [-0.3, -0.25) is 4.90 Å². The fraction of sp³-hybridized carbons (Fsp3) is 0.286. The van der Waals surface area contributed by atoms with E-state index in [1.807, 2.05) is 91.0 Å². The van der Waals surface area contributed by atoms with Crippen molar-refractivity contribution in [1.29, 1.82) is 0 Å². The Morgan fingerprint density at radius 2 is 1.39 bits per heavy atom. The summed E-state index contributed by atoms with van der Waals surface area (Å²) < 4.78 is 24.3. The van der Waals surface area contributed by atoms with Gasteiger partial charge in [0.15, 0.2) is 6.29 Å². The summed E-state index contributed by atoms with van der Waals surface area (Å²) in [7, 11) is 0. The highest BCUT2D eigenvalue weighted by Gasteiger charge is 2.33. The van der Waals surface area contributed by atoms with Crippen molar-refractivity contribution in [3.63, 3.8) is 0 Å². The molecule has 4 aromatic carbocycles. The zero-order valence-corrected chi connectivity index (χ0v) is 24.4. The van der Waals surface area contributed by atoms with Crippen LogP contribution >= 0.6 is 0 Å². The molecule has 2 amide bonds. The van der Waals surface area contributed by atoms with Crippen LogP contribution in [0, 0.1) is 0 Å². The molecule has 44 heavy (non-hydrogen) atoms. The van der Waals surface area contributed by atoms with Gasteiger partial charge >= 0.3 is 6.03 Å². The minimum atomic E-state index is -0.559. The van der Waals surface area contributed by atoms with Crippen LogP contribution in [0.15, 0.2) is 103 Å². The largest absolute Gasteiger partial charge is 0.457 e. The molecule has 0 aromatic heterocycles. The zero-order chi connectivity index (χ0) is 30.1. The first-order valence-electron chi connectivity index (χ1n) is 14.9. The molecule has 2 aliphatic rings. The summed E-state index contributed by atoms with van der Waals surface area (Å²) in [6.45, 7) is 4.03. The lowest BCUT2D eigenvalue weighted by Gasteiger charge is -2.39. The third-order valence-electron chi connectivity index (χ3n) is 7.71. The van der Waals surface area contributed by atoms with Gasteiger partial charge in [-0.05, 0) is 59.7 Å². The van der Waals surface area contributed by atoms with Crippen LogP contribution in [0.2, 0.25) is 0 Å². The molecule has 0 spiro atoms. The Balaban J connectivity index is 1.07. The van der Waals surface area contributed by atoms with E-state index in [0.717, 1.165) is 61.7 Å². The minimum Gasteiger partial charge on any atom is -0.457 e. The van der Waals surface area contributed by atoms with Crippen molar-refractivity contribution >= 4 is 17.4 Å². The summed E-state index contributed by atoms with van der Waals surface area (Å²) in [5.41, 5.74) is 4.08. The van der Waals surface area contributed by atoms with E-state index >= 15 is 0 Å². The number of aliphatic hydroxyl groups is 1. The highest BCUT2D eigenvalue weighted by Crippen LogP contribution is 2.38. The third kappa shape index (κ3) is 8.02. The number of nitrogens with one attached hydrogen (secondary N) is 2. The Labute approximate surface area is 257 Å². The average molecular weight is 596 g/mol. The second-order valence-electron chi connectivity index (χ2n) is 10.9. The van der Waals surface area contributed by atoms with Crippen LogP contribution in [0.3, 0.4) is 0 Å². The SMILES string of the molecule is O=C(Nc1ccc(Oc2ccccc2)cc1)Nc1ccc([C@@H]2O[C@H](CN3CCOCC3)C[C@H](c3ccc(CO)cc3)O2)cc1. The van der Waals surface area contributed by atoms with Crippen LogP contribution in [-0.2, 0) is 20.8 Å². The molecule has 6 rings (SSSR count). The highest BCUT2D eigenvalue weighted by atomic mass is 16.7. The Morgan fingerprint density at radius 3 is 2.05 bits per heavy atom. The quantitative estimate of drug-likeness (QED) is 0.203. The Bertz CT molecular complexity index is 1480. The van der Waals surface area contributed by atoms with Crippen LogP contribution < -0.4 is 15.4 Å². The van der Waals surface area contributed by atoms with Crippen LogP contribution in [0.1, 0.15) is 35.5 Å². The fourth-order valence-electron chi connectivity index (χ4n) is 5.35. The number of morpholine rings is 1. The Kier molecular flexibility index (Phi) is 9.81. The number of carbonyl (C=O) groups excluding carboxylic acids is 1. The summed E-state index contributed by atoms with van der Waals surface area (Å²) in [6, 6.07) is 31.8. The smallest absolute Gasteiger partial charge is 0.323 e. The highest BCUT2D eigenvalue weighted by molar-refractivity contribution is 5.99. The number of amides is 2. The number of rotatable bonds is 9. The first-order chi connectivity index (χ1) is 21.6. The zero-order valence-electron chi connectivity index (χ0n) is 24.4. The van der Waals surface area contributed by atoms with Gasteiger partial charge in [0.25, 0.3) is 0 Å². The molecule has 0 saturated carbocycles.